The third-order valence-electron chi connectivity index (χ3n) is 4.64. The number of hydrogen-bond donors (Lipinski definition) is 1. The van der Waals surface area contributed by atoms with Gasteiger partial charge in [0, 0.05) is 35.5 Å². The number of carbonyl (C=O) groups is 1. The van der Waals surface area contributed by atoms with Crippen molar-refractivity contribution >= 4 is 27.5 Å². The second-order valence-electron chi connectivity index (χ2n) is 6.13. The molecule has 0 aliphatic carbocycles. The standard InChI is InChI=1S/C19H18BrF2NO3/c1-25-17-15(21)10-14(11-16(17)22)23-18(24)19(6-8-26-9-7-19)12-2-4-13(20)5-3-12/h2-5,10-11H,6-9H2,1H3,(H,23,24). The van der Waals surface area contributed by atoms with Crippen molar-refractivity contribution in [1.29, 1.82) is 0 Å². The molecule has 1 aliphatic rings. The zero-order chi connectivity index (χ0) is 18.7. The molecule has 7 heteroatoms. The van der Waals surface area contributed by atoms with Crippen LogP contribution in [0.4, 0.5) is 14.5 Å². The topological polar surface area (TPSA) is 47.6 Å². The maximum absolute atomic E-state index is 13.9. The van der Waals surface area contributed by atoms with Crippen LogP contribution in [0.3, 0.4) is 0 Å². The predicted molar refractivity (Wildman–Crippen MR) is 97.4 cm³/mol. The number of rotatable bonds is 4. The molecular weight excluding hydrogens is 408 g/mol. The van der Waals surface area contributed by atoms with Crippen LogP contribution in [0.15, 0.2) is 40.9 Å². The summed E-state index contributed by atoms with van der Waals surface area (Å²) < 4.78 is 38.8. The maximum Gasteiger partial charge on any atom is 0.235 e. The third kappa shape index (κ3) is 3.59. The van der Waals surface area contributed by atoms with Crippen LogP contribution in [0.1, 0.15) is 18.4 Å². The molecule has 2 aromatic rings. The summed E-state index contributed by atoms with van der Waals surface area (Å²) in [5.74, 6) is -2.52. The number of nitrogens with one attached hydrogen (secondary N) is 1. The van der Waals surface area contributed by atoms with Crippen molar-refractivity contribution in [3.8, 4) is 5.75 Å². The Kier molecular flexibility index (Phi) is 5.58. The molecule has 0 saturated carbocycles. The number of amides is 1. The van der Waals surface area contributed by atoms with Crippen molar-refractivity contribution in [1.82, 2.24) is 0 Å². The van der Waals surface area contributed by atoms with Gasteiger partial charge >= 0.3 is 0 Å². The largest absolute Gasteiger partial charge is 0.491 e. The van der Waals surface area contributed by atoms with Crippen LogP contribution in [-0.2, 0) is 14.9 Å². The molecule has 26 heavy (non-hydrogen) atoms. The lowest BCUT2D eigenvalue weighted by molar-refractivity contribution is -0.125. The number of methoxy groups -OCH3 is 1. The lowest BCUT2D eigenvalue weighted by Crippen LogP contribution is -2.44. The Bertz CT molecular complexity index is 782. The highest BCUT2D eigenvalue weighted by atomic mass is 79.9. The Morgan fingerprint density at radius 3 is 2.27 bits per heavy atom. The second kappa shape index (κ2) is 7.72. The first-order chi connectivity index (χ1) is 12.5. The maximum atomic E-state index is 13.9. The van der Waals surface area contributed by atoms with E-state index in [9.17, 15) is 13.6 Å². The fourth-order valence-electron chi connectivity index (χ4n) is 3.21. The smallest absolute Gasteiger partial charge is 0.235 e. The van der Waals surface area contributed by atoms with Crippen LogP contribution >= 0.6 is 15.9 Å². The molecule has 0 aromatic heterocycles. The minimum atomic E-state index is -0.868. The number of ether oxygens (including phenoxy) is 2. The molecule has 0 spiro atoms. The first kappa shape index (κ1) is 18.8. The van der Waals surface area contributed by atoms with Gasteiger partial charge in [-0.15, -0.1) is 0 Å². The fourth-order valence-corrected chi connectivity index (χ4v) is 3.48. The number of hydrogen-bond acceptors (Lipinski definition) is 3. The van der Waals surface area contributed by atoms with E-state index in [-0.39, 0.29) is 11.6 Å². The molecule has 1 aliphatic heterocycles. The van der Waals surface area contributed by atoms with Gasteiger partial charge < -0.3 is 14.8 Å². The lowest BCUT2D eigenvalue weighted by Gasteiger charge is -2.36. The van der Waals surface area contributed by atoms with E-state index >= 15 is 0 Å². The summed E-state index contributed by atoms with van der Waals surface area (Å²) in [7, 11) is 1.18. The molecule has 138 valence electrons. The van der Waals surface area contributed by atoms with Crippen LogP contribution in [0, 0.1) is 11.6 Å². The van der Waals surface area contributed by atoms with Gasteiger partial charge in [-0.1, -0.05) is 28.1 Å². The molecule has 1 fully saturated rings. The van der Waals surface area contributed by atoms with Crippen LogP contribution in [0.2, 0.25) is 0 Å². The monoisotopic (exact) mass is 425 g/mol. The average molecular weight is 426 g/mol. The second-order valence-corrected chi connectivity index (χ2v) is 7.04. The molecule has 1 amide bonds. The predicted octanol–water partition coefficient (Wildman–Crippen LogP) is 4.42. The molecule has 2 aromatic carbocycles. The fraction of sp³-hybridized carbons (Fsp3) is 0.316. The summed E-state index contributed by atoms with van der Waals surface area (Å²) in [4.78, 5) is 13.1. The molecule has 4 nitrogen and oxygen atoms in total. The molecule has 0 unspecified atom stereocenters. The number of benzene rings is 2. The van der Waals surface area contributed by atoms with Gasteiger partial charge in [0.05, 0.1) is 12.5 Å². The summed E-state index contributed by atoms with van der Waals surface area (Å²) in [5.41, 5.74) is 0.0796. The van der Waals surface area contributed by atoms with Crippen LogP contribution in [0.5, 0.6) is 5.75 Å². The molecule has 1 N–H and O–H groups in total. The van der Waals surface area contributed by atoms with E-state index in [0.717, 1.165) is 22.2 Å². The van der Waals surface area contributed by atoms with Gasteiger partial charge in [0.15, 0.2) is 17.4 Å². The van der Waals surface area contributed by atoms with Gasteiger partial charge in [-0.3, -0.25) is 4.79 Å². The Hall–Kier alpha value is -1.99. The highest BCUT2D eigenvalue weighted by Gasteiger charge is 2.41. The van der Waals surface area contributed by atoms with Crippen LogP contribution < -0.4 is 10.1 Å². The van der Waals surface area contributed by atoms with Gasteiger partial charge in [0.2, 0.25) is 5.91 Å². The third-order valence-corrected chi connectivity index (χ3v) is 5.17. The minimum Gasteiger partial charge on any atom is -0.491 e. The summed E-state index contributed by atoms with van der Waals surface area (Å²) in [6, 6.07) is 9.59. The summed E-state index contributed by atoms with van der Waals surface area (Å²) >= 11 is 3.39. The molecule has 0 radical (unpaired) electrons. The van der Waals surface area contributed by atoms with Crippen molar-refractivity contribution in [2.75, 3.05) is 25.6 Å². The van der Waals surface area contributed by atoms with Crippen molar-refractivity contribution in [3.63, 3.8) is 0 Å². The normalized spacial score (nSPS) is 16.2. The Morgan fingerprint density at radius 2 is 1.73 bits per heavy atom. The van der Waals surface area contributed by atoms with Gasteiger partial charge in [0.25, 0.3) is 0 Å². The van der Waals surface area contributed by atoms with Crippen molar-refractivity contribution in [3.05, 3.63) is 58.1 Å². The SMILES string of the molecule is COc1c(F)cc(NC(=O)C2(c3ccc(Br)cc3)CCOCC2)cc1F. The average Bonchev–Trinajstić information content (AvgIpc) is 2.62. The van der Waals surface area contributed by atoms with Crippen molar-refractivity contribution in [2.24, 2.45) is 0 Å². The van der Waals surface area contributed by atoms with E-state index in [1.54, 1.807) is 0 Å². The van der Waals surface area contributed by atoms with Gasteiger partial charge in [-0.2, -0.15) is 0 Å². The highest BCUT2D eigenvalue weighted by molar-refractivity contribution is 9.10. The van der Waals surface area contributed by atoms with Gasteiger partial charge in [-0.05, 0) is 30.5 Å². The molecule has 0 atom stereocenters. The van der Waals surface area contributed by atoms with E-state index in [2.05, 4.69) is 26.0 Å². The Morgan fingerprint density at radius 1 is 1.15 bits per heavy atom. The summed E-state index contributed by atoms with van der Waals surface area (Å²) in [5, 5.41) is 2.66. The molecule has 1 saturated heterocycles. The van der Waals surface area contributed by atoms with Crippen molar-refractivity contribution in [2.45, 2.75) is 18.3 Å². The van der Waals surface area contributed by atoms with E-state index < -0.39 is 22.8 Å². The Balaban J connectivity index is 1.93. The Labute approximate surface area is 158 Å². The lowest BCUT2D eigenvalue weighted by atomic mass is 9.73. The zero-order valence-electron chi connectivity index (χ0n) is 14.2. The quantitative estimate of drug-likeness (QED) is 0.788. The summed E-state index contributed by atoms with van der Waals surface area (Å²) in [6.45, 7) is 0.879. The minimum absolute atomic E-state index is 0.0498. The molecule has 0 bridgehead atoms. The van der Waals surface area contributed by atoms with Gasteiger partial charge in [0.1, 0.15) is 0 Å². The number of carbonyl (C=O) groups excluding carboxylic acids is 1. The van der Waals surface area contributed by atoms with E-state index in [0.29, 0.717) is 26.1 Å². The van der Waals surface area contributed by atoms with E-state index in [4.69, 9.17) is 4.74 Å². The first-order valence-electron chi connectivity index (χ1n) is 8.14. The van der Waals surface area contributed by atoms with Crippen LogP contribution in [0.25, 0.3) is 0 Å². The number of halogens is 3. The number of anilines is 1. The summed E-state index contributed by atoms with van der Waals surface area (Å²) in [6.07, 6.45) is 0.975. The van der Waals surface area contributed by atoms with E-state index in [1.807, 2.05) is 24.3 Å². The van der Waals surface area contributed by atoms with Crippen LogP contribution in [-0.4, -0.2) is 26.2 Å². The van der Waals surface area contributed by atoms with E-state index in [1.165, 1.54) is 7.11 Å². The molecule has 1 heterocycles. The molecular formula is C19H18BrF2NO3. The zero-order valence-corrected chi connectivity index (χ0v) is 15.7. The first-order valence-corrected chi connectivity index (χ1v) is 8.94. The van der Waals surface area contributed by atoms with Crippen molar-refractivity contribution < 1.29 is 23.0 Å². The van der Waals surface area contributed by atoms with Gasteiger partial charge in [-0.25, -0.2) is 8.78 Å². The molecule has 3 rings (SSSR count). The highest BCUT2D eigenvalue weighted by Crippen LogP contribution is 2.37.